The molecule has 0 saturated heterocycles. The third kappa shape index (κ3) is 6.75. The van der Waals surface area contributed by atoms with E-state index in [0.717, 1.165) is 41.7 Å². The first-order valence-corrected chi connectivity index (χ1v) is 16.6. The molecule has 5 rings (SSSR count). The number of aliphatic hydroxyl groups excluding tert-OH is 1. The first-order valence-electron chi connectivity index (χ1n) is 16.6. The van der Waals surface area contributed by atoms with Crippen LogP contribution < -0.4 is 5.32 Å². The predicted octanol–water partition coefficient (Wildman–Crippen LogP) is 11.3. The minimum Gasteiger partial charge on any atom is -0.507 e. The molecule has 1 aliphatic heterocycles. The van der Waals surface area contributed by atoms with Gasteiger partial charge in [0.15, 0.2) is 0 Å². The van der Waals surface area contributed by atoms with Crippen molar-refractivity contribution in [3.63, 3.8) is 0 Å². The summed E-state index contributed by atoms with van der Waals surface area (Å²) in [5, 5.41) is 14.1. The largest absolute Gasteiger partial charge is 0.507 e. The van der Waals surface area contributed by atoms with E-state index in [2.05, 4.69) is 129 Å². The SMILES string of the molecule is C=CC1=C(/C=C\C)c2cc(C\C=C/C=C(C=C)/C(C)=C/C(=C(/O)C=C)c3ccccc3)ccc2C1(C1=CC=CCC=C1)C1=CNCC=C1. The second kappa shape index (κ2) is 15.8. The zero-order valence-electron chi connectivity index (χ0n) is 28.1. The van der Waals surface area contributed by atoms with Crippen molar-refractivity contribution < 1.29 is 5.11 Å². The predicted molar refractivity (Wildman–Crippen MR) is 207 cm³/mol. The molecule has 1 atom stereocenters. The Morgan fingerprint density at radius 1 is 0.979 bits per heavy atom. The van der Waals surface area contributed by atoms with Crippen LogP contribution >= 0.6 is 0 Å². The molecule has 0 aromatic heterocycles. The van der Waals surface area contributed by atoms with Crippen molar-refractivity contribution in [1.29, 1.82) is 0 Å². The highest BCUT2D eigenvalue weighted by Gasteiger charge is 2.47. The van der Waals surface area contributed by atoms with E-state index in [9.17, 15) is 5.11 Å². The lowest BCUT2D eigenvalue weighted by Gasteiger charge is -2.37. The first-order chi connectivity index (χ1) is 23.5. The van der Waals surface area contributed by atoms with Crippen molar-refractivity contribution in [2.45, 2.75) is 32.1 Å². The fourth-order valence-electron chi connectivity index (χ4n) is 6.76. The Hall–Kier alpha value is -5.60. The molecular formula is C46H45NO. The van der Waals surface area contributed by atoms with Crippen molar-refractivity contribution >= 4 is 11.1 Å². The molecule has 2 nitrogen and oxygen atoms in total. The van der Waals surface area contributed by atoms with E-state index < -0.39 is 5.41 Å². The van der Waals surface area contributed by atoms with E-state index in [1.165, 1.54) is 45.1 Å². The van der Waals surface area contributed by atoms with Crippen LogP contribution in [0, 0.1) is 0 Å². The zero-order chi connectivity index (χ0) is 33.9. The van der Waals surface area contributed by atoms with E-state index in [-0.39, 0.29) is 5.76 Å². The summed E-state index contributed by atoms with van der Waals surface area (Å²) in [4.78, 5) is 0. The topological polar surface area (TPSA) is 32.3 Å². The van der Waals surface area contributed by atoms with Gasteiger partial charge in [-0.05, 0) is 94.5 Å². The molecule has 0 spiro atoms. The van der Waals surface area contributed by atoms with Crippen molar-refractivity contribution in [2.24, 2.45) is 0 Å². The van der Waals surface area contributed by atoms with E-state index in [4.69, 9.17) is 0 Å². The van der Waals surface area contributed by atoms with Crippen LogP contribution in [0.3, 0.4) is 0 Å². The summed E-state index contributed by atoms with van der Waals surface area (Å²) in [7, 11) is 0. The maximum Gasteiger partial charge on any atom is 0.122 e. The number of aliphatic hydroxyl groups is 1. The van der Waals surface area contributed by atoms with Crippen LogP contribution in [0.1, 0.15) is 42.5 Å². The number of dihydropyridines is 1. The summed E-state index contributed by atoms with van der Waals surface area (Å²) < 4.78 is 0. The number of hydrogen-bond donors (Lipinski definition) is 2. The van der Waals surface area contributed by atoms with Gasteiger partial charge in [-0.3, -0.25) is 0 Å². The number of fused-ring (bicyclic) bond motifs is 1. The Balaban J connectivity index is 1.51. The maximum atomic E-state index is 10.6. The summed E-state index contributed by atoms with van der Waals surface area (Å²) >= 11 is 0. The molecule has 2 N–H and O–H groups in total. The molecule has 2 aliphatic carbocycles. The summed E-state index contributed by atoms with van der Waals surface area (Å²) in [5.74, 6) is 0.140. The lowest BCUT2D eigenvalue weighted by Crippen LogP contribution is -2.32. The number of allylic oxidation sites excluding steroid dienone is 22. The van der Waals surface area contributed by atoms with Crippen molar-refractivity contribution in [2.75, 3.05) is 6.54 Å². The van der Waals surface area contributed by atoms with Gasteiger partial charge in [-0.15, -0.1) is 0 Å². The highest BCUT2D eigenvalue weighted by Crippen LogP contribution is 2.56. The molecule has 0 saturated carbocycles. The van der Waals surface area contributed by atoms with Crippen LogP contribution in [0.25, 0.3) is 11.1 Å². The Bertz CT molecular complexity index is 1920. The minimum absolute atomic E-state index is 0.140. The summed E-state index contributed by atoms with van der Waals surface area (Å²) in [5.41, 5.74) is 11.7. The number of nitrogens with one attached hydrogen (secondary N) is 1. The molecule has 0 amide bonds. The zero-order valence-corrected chi connectivity index (χ0v) is 28.1. The van der Waals surface area contributed by atoms with Gasteiger partial charge in [0.05, 0.1) is 5.41 Å². The van der Waals surface area contributed by atoms with E-state index in [1.807, 2.05) is 55.5 Å². The highest BCUT2D eigenvalue weighted by atomic mass is 16.3. The third-order valence-corrected chi connectivity index (χ3v) is 9.00. The molecule has 2 heteroatoms. The minimum atomic E-state index is -0.478. The number of benzene rings is 2. The van der Waals surface area contributed by atoms with Crippen LogP contribution in [-0.2, 0) is 11.8 Å². The van der Waals surface area contributed by atoms with Gasteiger partial charge < -0.3 is 10.4 Å². The standard InChI is InChI=1S/C46H45NO/c1-6-20-40-42-32-35(21-17-18-22-36(7-2)34(5)31-41(45(48)9-4)37-23-13-12-14-24-37)28-29-44(42)46(43(40)8-3,39-27-19-30-47-33-39)38-25-15-10-11-16-26-38/h6-10,12-20,22-29,31-33,47-48H,2-4,11,21,30H2,1,5H3/b18-17-,20-6-,34-31+,36-22+,45-41-. The lowest BCUT2D eigenvalue weighted by molar-refractivity contribution is 0.436. The lowest BCUT2D eigenvalue weighted by atomic mass is 9.65. The number of hydrogen-bond acceptors (Lipinski definition) is 2. The molecule has 1 heterocycles. The Labute approximate surface area is 287 Å². The van der Waals surface area contributed by atoms with E-state index >= 15 is 0 Å². The van der Waals surface area contributed by atoms with Crippen molar-refractivity contribution in [3.05, 3.63) is 228 Å². The summed E-state index contributed by atoms with van der Waals surface area (Å²) in [6, 6.07) is 16.7. The van der Waals surface area contributed by atoms with Gasteiger partial charge in [0.2, 0.25) is 0 Å². The monoisotopic (exact) mass is 627 g/mol. The number of rotatable bonds is 12. The molecular weight excluding hydrogens is 583 g/mol. The van der Waals surface area contributed by atoms with E-state index in [0.29, 0.717) is 0 Å². The van der Waals surface area contributed by atoms with Gasteiger partial charge in [0.25, 0.3) is 0 Å². The Morgan fingerprint density at radius 2 is 1.79 bits per heavy atom. The van der Waals surface area contributed by atoms with Crippen LogP contribution in [0.4, 0.5) is 0 Å². The normalized spacial score (nSPS) is 19.9. The van der Waals surface area contributed by atoms with Gasteiger partial charge in [-0.25, -0.2) is 0 Å². The van der Waals surface area contributed by atoms with Gasteiger partial charge in [-0.2, -0.15) is 0 Å². The second-order valence-corrected chi connectivity index (χ2v) is 11.9. The van der Waals surface area contributed by atoms with Gasteiger partial charge in [0.1, 0.15) is 5.76 Å². The fraction of sp³-hybridized carbons (Fsp3) is 0.130. The van der Waals surface area contributed by atoms with Gasteiger partial charge >= 0.3 is 0 Å². The average molecular weight is 628 g/mol. The molecule has 0 bridgehead atoms. The summed E-state index contributed by atoms with van der Waals surface area (Å²) in [6.07, 6.45) is 37.5. The Kier molecular flexibility index (Phi) is 11.1. The van der Waals surface area contributed by atoms with Crippen LogP contribution in [0.5, 0.6) is 0 Å². The fourth-order valence-corrected chi connectivity index (χ4v) is 6.76. The Morgan fingerprint density at radius 3 is 2.50 bits per heavy atom. The molecule has 48 heavy (non-hydrogen) atoms. The molecule has 240 valence electrons. The van der Waals surface area contributed by atoms with E-state index in [1.54, 1.807) is 0 Å². The molecule has 2 aromatic rings. The quantitative estimate of drug-likeness (QED) is 0.181. The van der Waals surface area contributed by atoms with Crippen LogP contribution in [0.2, 0.25) is 0 Å². The van der Waals surface area contributed by atoms with Crippen LogP contribution in [-0.4, -0.2) is 11.7 Å². The molecule has 0 fully saturated rings. The third-order valence-electron chi connectivity index (χ3n) is 9.00. The molecule has 0 radical (unpaired) electrons. The maximum absolute atomic E-state index is 10.6. The van der Waals surface area contributed by atoms with Crippen LogP contribution in [0.15, 0.2) is 205 Å². The smallest absolute Gasteiger partial charge is 0.122 e. The van der Waals surface area contributed by atoms with Gasteiger partial charge in [0, 0.05) is 18.3 Å². The first kappa shape index (κ1) is 33.8. The van der Waals surface area contributed by atoms with Crippen molar-refractivity contribution in [3.8, 4) is 0 Å². The van der Waals surface area contributed by atoms with Gasteiger partial charge in [-0.1, -0.05) is 153 Å². The second-order valence-electron chi connectivity index (χ2n) is 11.9. The molecule has 3 aliphatic rings. The summed E-state index contributed by atoms with van der Waals surface area (Å²) in [6.45, 7) is 17.1. The molecule has 1 unspecified atom stereocenters. The molecule has 2 aromatic carbocycles. The average Bonchev–Trinajstić information content (AvgIpc) is 3.25. The van der Waals surface area contributed by atoms with Crippen molar-refractivity contribution in [1.82, 2.24) is 5.32 Å². The highest BCUT2D eigenvalue weighted by molar-refractivity contribution is 5.92.